The van der Waals surface area contributed by atoms with Gasteiger partial charge < -0.3 is 4.52 Å². The topological polar surface area (TPSA) is 109 Å². The molecule has 1 aromatic heterocycles. The molecule has 0 aliphatic rings. The van der Waals surface area contributed by atoms with E-state index < -0.39 is 0 Å². The van der Waals surface area contributed by atoms with Crippen molar-refractivity contribution in [3.8, 4) is 0 Å². The van der Waals surface area contributed by atoms with Crippen molar-refractivity contribution < 1.29 is 48.8 Å². The fourth-order valence-corrected chi connectivity index (χ4v) is 2.18. The molecule has 0 saturated heterocycles. The number of hydrogen-bond donors (Lipinski definition) is 0. The zero-order chi connectivity index (χ0) is 16.9. The zero-order valence-corrected chi connectivity index (χ0v) is 13.9. The Morgan fingerprint density at radius 2 is 0.950 bits per heavy atom. The quantitative estimate of drug-likeness (QED) is 0.417. The minimum Gasteiger partial charge on any atom is 0 e. The Morgan fingerprint density at radius 3 is 1.05 bits per heavy atom. The second kappa shape index (κ2) is 42.9. The summed E-state index contributed by atoms with van der Waals surface area (Å²) in [4.78, 5) is 0. The minimum absolute atomic E-state index is 0. The standard InChI is InChI=1S/C7H11OP.5CO.Mo/c1-6-4-9(8-3)5-7(6)2;5*1-2;/h4-5H,1-3H3;;;;;;. The first-order chi connectivity index (χ1) is 9.24. The summed E-state index contributed by atoms with van der Waals surface area (Å²) in [7, 11) is 1.41. The molecule has 0 saturated carbocycles. The van der Waals surface area contributed by atoms with Crippen LogP contribution in [0.1, 0.15) is 11.1 Å². The third-order valence-electron chi connectivity index (χ3n) is 1.47. The van der Waals surface area contributed by atoms with Crippen LogP contribution in [0, 0.1) is 47.1 Å². The van der Waals surface area contributed by atoms with E-state index >= 15 is 0 Å². The van der Waals surface area contributed by atoms with Crippen LogP contribution in [0.25, 0.3) is 0 Å². The third-order valence-corrected chi connectivity index (χ3v) is 3.18. The van der Waals surface area contributed by atoms with Crippen LogP contribution in [0.2, 0.25) is 0 Å². The van der Waals surface area contributed by atoms with E-state index in [0.717, 1.165) is 0 Å². The second-order valence-electron chi connectivity index (χ2n) is 2.17. The van der Waals surface area contributed by atoms with Crippen molar-refractivity contribution in [3.05, 3.63) is 56.0 Å². The minimum atomic E-state index is -0.346. The maximum Gasteiger partial charge on any atom is 0 e. The first-order valence-corrected chi connectivity index (χ1v) is 5.35. The first kappa shape index (κ1) is 36.5. The fraction of sp³-hybridized carbons (Fsp3) is 0.250. The summed E-state index contributed by atoms with van der Waals surface area (Å²) < 4.78 is 42.7. The molecule has 1 rings (SSSR count). The predicted molar refractivity (Wildman–Crippen MR) is 60.8 cm³/mol. The molecule has 106 valence electrons. The van der Waals surface area contributed by atoms with E-state index in [1.54, 1.807) is 7.11 Å². The van der Waals surface area contributed by atoms with Gasteiger partial charge in [0.1, 0.15) is 0 Å². The molecular weight excluding hydrogens is 367 g/mol. The van der Waals surface area contributed by atoms with E-state index in [0.29, 0.717) is 0 Å². The molecule has 8 heteroatoms. The monoisotopic (exact) mass is 380 g/mol. The molecular formula is C12H11MoO6P. The molecule has 0 aliphatic carbocycles. The molecule has 20 heavy (non-hydrogen) atoms. The summed E-state index contributed by atoms with van der Waals surface area (Å²) >= 11 is 0. The summed E-state index contributed by atoms with van der Waals surface area (Å²) in [6, 6.07) is 0. The molecule has 0 N–H and O–H groups in total. The maximum absolute atomic E-state index is 7.50. The van der Waals surface area contributed by atoms with Crippen LogP contribution in [0.4, 0.5) is 0 Å². The Kier molecular flexibility index (Phi) is 78.3. The first-order valence-electron chi connectivity index (χ1n) is 3.96. The second-order valence-corrected chi connectivity index (χ2v) is 3.77. The Bertz CT molecular complexity index is 335. The number of rotatable bonds is 1. The molecule has 0 bridgehead atoms. The normalized spacial score (nSPS) is 5.05. The Hall–Kier alpha value is -0.872. The van der Waals surface area contributed by atoms with Crippen LogP contribution < -0.4 is 4.52 Å². The van der Waals surface area contributed by atoms with Crippen LogP contribution in [0.3, 0.4) is 0 Å². The number of aryl methyl sites for hydroxylation is 2. The van der Waals surface area contributed by atoms with Crippen molar-refractivity contribution in [2.24, 2.45) is 0 Å². The van der Waals surface area contributed by atoms with Crippen LogP contribution >= 0.6 is 7.76 Å². The van der Waals surface area contributed by atoms with Gasteiger partial charge in [0.2, 0.25) is 0 Å². The van der Waals surface area contributed by atoms with Crippen LogP contribution in [0.15, 0.2) is 11.6 Å². The van der Waals surface area contributed by atoms with Crippen molar-refractivity contribution >= 4 is 7.76 Å². The van der Waals surface area contributed by atoms with Crippen molar-refractivity contribution in [2.75, 3.05) is 7.11 Å². The van der Waals surface area contributed by atoms with Gasteiger partial charge in [0.25, 0.3) is 0 Å². The van der Waals surface area contributed by atoms with Gasteiger partial charge in [0.15, 0.2) is 0 Å². The summed E-state index contributed by atoms with van der Waals surface area (Å²) in [5, 5.41) is 0. The van der Waals surface area contributed by atoms with Gasteiger partial charge in [-0.05, 0) is 36.6 Å². The van der Waals surface area contributed by atoms with Crippen LogP contribution in [0.5, 0.6) is 0 Å². The van der Waals surface area contributed by atoms with Crippen molar-refractivity contribution in [3.63, 3.8) is 0 Å². The molecule has 0 spiro atoms. The van der Waals surface area contributed by atoms with E-state index in [1.807, 2.05) is 0 Å². The largest absolute Gasteiger partial charge is 0 e. The van der Waals surface area contributed by atoms with E-state index in [4.69, 9.17) is 27.8 Å². The van der Waals surface area contributed by atoms with Crippen molar-refractivity contribution in [1.82, 2.24) is 0 Å². The van der Waals surface area contributed by atoms with Gasteiger partial charge in [0, 0.05) is 35.9 Å². The average molecular weight is 378 g/mol. The molecule has 0 amide bonds. The predicted octanol–water partition coefficient (Wildman–Crippen LogP) is 2.16. The van der Waals surface area contributed by atoms with Gasteiger partial charge in [-0.3, -0.25) is 0 Å². The summed E-state index contributed by atoms with van der Waals surface area (Å²) in [5.41, 5.74) is 2.73. The molecule has 1 heterocycles. The van der Waals surface area contributed by atoms with Gasteiger partial charge in [-0.1, -0.05) is 0 Å². The Morgan fingerprint density at radius 1 is 0.750 bits per heavy atom. The van der Waals surface area contributed by atoms with Gasteiger partial charge in [-0.2, -0.15) is 0 Å². The smallest absolute Gasteiger partial charge is 0 e. The third kappa shape index (κ3) is 25.9. The van der Waals surface area contributed by atoms with Crippen LogP contribution in [-0.4, -0.2) is 7.11 Å². The van der Waals surface area contributed by atoms with Gasteiger partial charge >= 0.3 is 56.5 Å². The summed E-state index contributed by atoms with van der Waals surface area (Å²) in [6.45, 7) is 26.7. The van der Waals surface area contributed by atoms with E-state index in [2.05, 4.69) is 58.7 Å². The number of hydrogen-bond acceptors (Lipinski definition) is 1. The van der Waals surface area contributed by atoms with E-state index in [9.17, 15) is 0 Å². The SMILES string of the molecule is COp1cc(C)c(C)c1.[C-]#[O+].[C-]#[O+].[C-]#[O+].[C-]#[O+].[C-]#[O+].[Mo]. The molecule has 1 aromatic rings. The van der Waals surface area contributed by atoms with Crippen LogP contribution in [-0.2, 0) is 44.3 Å². The molecule has 6 nitrogen and oxygen atoms in total. The molecule has 0 unspecified atom stereocenters. The van der Waals surface area contributed by atoms with E-state index in [-0.39, 0.29) is 28.8 Å². The zero-order valence-electron chi connectivity index (χ0n) is 11.0. The molecule has 0 atom stereocenters. The van der Waals surface area contributed by atoms with E-state index in [1.165, 1.54) is 11.1 Å². The van der Waals surface area contributed by atoms with Crippen molar-refractivity contribution in [2.45, 2.75) is 13.8 Å². The van der Waals surface area contributed by atoms with Gasteiger partial charge in [0.05, 0.1) is 0 Å². The maximum atomic E-state index is 7.50. The average Bonchev–Trinajstić information content (AvgIpc) is 2.88. The molecule has 0 aliphatic heterocycles. The molecule has 0 radical (unpaired) electrons. The van der Waals surface area contributed by atoms with Gasteiger partial charge in [-0.25, -0.2) is 0 Å². The summed E-state index contributed by atoms with van der Waals surface area (Å²) in [5.74, 6) is 4.37. The molecule has 0 aromatic carbocycles. The Balaban J connectivity index is -0.0000000384. The molecule has 0 fully saturated rings. The fourth-order valence-electron chi connectivity index (χ4n) is 0.728. The van der Waals surface area contributed by atoms with Crippen molar-refractivity contribution in [1.29, 1.82) is 0 Å². The Labute approximate surface area is 133 Å². The van der Waals surface area contributed by atoms with Gasteiger partial charge in [-0.15, -0.1) is 0 Å². The summed E-state index contributed by atoms with van der Waals surface area (Å²) in [6.07, 6.45) is 0.